The van der Waals surface area contributed by atoms with Gasteiger partial charge in [0.15, 0.2) is 0 Å². The molecule has 0 bridgehead atoms. The van der Waals surface area contributed by atoms with E-state index in [4.69, 9.17) is 5.26 Å². The number of amides is 3. The molecule has 2 saturated heterocycles. The SMILES string of the molecule is N#CC1CCCN1C(=O)CNCC(=O)NC1C2CN(C(=O)c3ccc(F)cc3)CC21. The van der Waals surface area contributed by atoms with Gasteiger partial charge in [-0.3, -0.25) is 19.7 Å². The molecular weight excluding hydrogens is 389 g/mol. The van der Waals surface area contributed by atoms with Gasteiger partial charge in [0.25, 0.3) is 5.91 Å². The Morgan fingerprint density at radius 3 is 2.50 bits per heavy atom. The second kappa shape index (κ2) is 8.40. The summed E-state index contributed by atoms with van der Waals surface area (Å²) in [4.78, 5) is 40.1. The fraction of sp³-hybridized carbons (Fsp3) is 0.524. The summed E-state index contributed by atoms with van der Waals surface area (Å²) in [6.45, 7) is 1.79. The first-order valence-corrected chi connectivity index (χ1v) is 10.2. The molecule has 8 nitrogen and oxygen atoms in total. The second-order valence-electron chi connectivity index (χ2n) is 8.12. The average molecular weight is 413 g/mol. The Bertz CT molecular complexity index is 872. The van der Waals surface area contributed by atoms with Crippen LogP contribution in [0.25, 0.3) is 0 Å². The highest BCUT2D eigenvalue weighted by Crippen LogP contribution is 2.45. The Morgan fingerprint density at radius 2 is 1.83 bits per heavy atom. The molecule has 0 spiro atoms. The Labute approximate surface area is 174 Å². The molecule has 0 aromatic heterocycles. The molecule has 1 aliphatic carbocycles. The predicted octanol–water partition coefficient (Wildman–Crippen LogP) is 0.116. The Balaban J connectivity index is 1.16. The van der Waals surface area contributed by atoms with Crippen molar-refractivity contribution in [2.45, 2.75) is 24.9 Å². The summed E-state index contributed by atoms with van der Waals surface area (Å²) in [6, 6.07) is 7.32. The van der Waals surface area contributed by atoms with Gasteiger partial charge in [-0.15, -0.1) is 0 Å². The molecule has 0 radical (unpaired) electrons. The molecule has 3 amide bonds. The van der Waals surface area contributed by atoms with Crippen molar-refractivity contribution in [3.63, 3.8) is 0 Å². The molecule has 2 heterocycles. The van der Waals surface area contributed by atoms with E-state index in [0.29, 0.717) is 31.6 Å². The zero-order chi connectivity index (χ0) is 21.3. The third kappa shape index (κ3) is 4.14. The van der Waals surface area contributed by atoms with E-state index in [-0.39, 0.29) is 60.5 Å². The molecule has 3 atom stereocenters. The fourth-order valence-corrected chi connectivity index (χ4v) is 4.50. The lowest BCUT2D eigenvalue weighted by molar-refractivity contribution is -0.130. The monoisotopic (exact) mass is 413 g/mol. The zero-order valence-corrected chi connectivity index (χ0v) is 16.5. The van der Waals surface area contributed by atoms with Crippen LogP contribution in [0.3, 0.4) is 0 Å². The van der Waals surface area contributed by atoms with Crippen LogP contribution in [0.4, 0.5) is 4.39 Å². The number of hydrogen-bond acceptors (Lipinski definition) is 5. The first kappa shape index (κ1) is 20.3. The van der Waals surface area contributed by atoms with Gasteiger partial charge in [0, 0.05) is 43.1 Å². The summed E-state index contributed by atoms with van der Waals surface area (Å²) in [5.74, 6) is -0.367. The summed E-state index contributed by atoms with van der Waals surface area (Å²) in [5, 5.41) is 14.9. The summed E-state index contributed by atoms with van der Waals surface area (Å²) in [7, 11) is 0. The summed E-state index contributed by atoms with van der Waals surface area (Å²) in [5.41, 5.74) is 0.462. The largest absolute Gasteiger partial charge is 0.352 e. The van der Waals surface area contributed by atoms with E-state index in [1.54, 1.807) is 9.80 Å². The van der Waals surface area contributed by atoms with Crippen LogP contribution < -0.4 is 10.6 Å². The number of piperidine rings is 1. The number of nitrogens with one attached hydrogen (secondary N) is 2. The van der Waals surface area contributed by atoms with Crippen LogP contribution in [0.1, 0.15) is 23.2 Å². The average Bonchev–Trinajstić information content (AvgIpc) is 3.12. The van der Waals surface area contributed by atoms with Gasteiger partial charge in [-0.2, -0.15) is 5.26 Å². The van der Waals surface area contributed by atoms with Gasteiger partial charge in [0.2, 0.25) is 11.8 Å². The number of fused-ring (bicyclic) bond motifs is 1. The molecule has 2 N–H and O–H groups in total. The first-order chi connectivity index (χ1) is 14.5. The molecule has 1 saturated carbocycles. The highest BCUT2D eigenvalue weighted by Gasteiger charge is 2.57. The van der Waals surface area contributed by atoms with Crippen molar-refractivity contribution >= 4 is 17.7 Å². The number of halogens is 1. The van der Waals surface area contributed by atoms with Gasteiger partial charge in [0.05, 0.1) is 19.2 Å². The maximum atomic E-state index is 13.0. The number of benzene rings is 1. The molecule has 9 heteroatoms. The van der Waals surface area contributed by atoms with E-state index >= 15 is 0 Å². The highest BCUT2D eigenvalue weighted by molar-refractivity contribution is 5.94. The van der Waals surface area contributed by atoms with Crippen molar-refractivity contribution in [2.24, 2.45) is 11.8 Å². The van der Waals surface area contributed by atoms with Crippen molar-refractivity contribution in [3.8, 4) is 6.07 Å². The maximum Gasteiger partial charge on any atom is 0.253 e. The minimum absolute atomic E-state index is 0.0308. The molecule has 1 aromatic rings. The van der Waals surface area contributed by atoms with Crippen LogP contribution in [0.5, 0.6) is 0 Å². The molecule has 3 aliphatic rings. The summed E-state index contributed by atoms with van der Waals surface area (Å²) in [6.07, 6.45) is 1.53. The van der Waals surface area contributed by atoms with Crippen molar-refractivity contribution in [1.29, 1.82) is 5.26 Å². The lowest BCUT2D eigenvalue weighted by atomic mass is 10.2. The highest BCUT2D eigenvalue weighted by atomic mass is 19.1. The van der Waals surface area contributed by atoms with Gasteiger partial charge in [-0.05, 0) is 37.1 Å². The number of hydrogen-bond donors (Lipinski definition) is 2. The number of rotatable bonds is 6. The standard InChI is InChI=1S/C21H24FN5O3/c22-14-5-3-13(4-6-14)21(30)26-11-16-17(12-26)20(16)25-18(28)9-24-10-19(29)27-7-1-2-15(27)8-23/h3-6,15-17,20,24H,1-2,7,9-12H2,(H,25,28). The molecule has 158 valence electrons. The Hall–Kier alpha value is -2.99. The van der Waals surface area contributed by atoms with Crippen LogP contribution >= 0.6 is 0 Å². The summed E-state index contributed by atoms with van der Waals surface area (Å²) < 4.78 is 13.0. The van der Waals surface area contributed by atoms with E-state index in [1.165, 1.54) is 24.3 Å². The van der Waals surface area contributed by atoms with E-state index in [0.717, 1.165) is 6.42 Å². The summed E-state index contributed by atoms with van der Waals surface area (Å²) >= 11 is 0. The molecule has 4 rings (SSSR count). The van der Waals surface area contributed by atoms with Gasteiger partial charge >= 0.3 is 0 Å². The minimum Gasteiger partial charge on any atom is -0.352 e. The van der Waals surface area contributed by atoms with Crippen LogP contribution in [-0.4, -0.2) is 72.3 Å². The molecule has 1 aromatic carbocycles. The maximum absolute atomic E-state index is 13.0. The Morgan fingerprint density at radius 1 is 1.13 bits per heavy atom. The second-order valence-corrected chi connectivity index (χ2v) is 8.12. The van der Waals surface area contributed by atoms with E-state index in [2.05, 4.69) is 16.7 Å². The first-order valence-electron chi connectivity index (χ1n) is 10.2. The van der Waals surface area contributed by atoms with Gasteiger partial charge in [-0.1, -0.05) is 0 Å². The van der Waals surface area contributed by atoms with E-state index < -0.39 is 0 Å². The van der Waals surface area contributed by atoms with Gasteiger partial charge in [-0.25, -0.2) is 4.39 Å². The topological polar surface area (TPSA) is 106 Å². The number of likely N-dealkylation sites (tertiary alicyclic amines) is 2. The van der Waals surface area contributed by atoms with Crippen LogP contribution in [0.2, 0.25) is 0 Å². The van der Waals surface area contributed by atoms with Crippen LogP contribution in [0, 0.1) is 29.0 Å². The molecular formula is C21H24FN5O3. The zero-order valence-electron chi connectivity index (χ0n) is 16.5. The molecule has 3 unspecified atom stereocenters. The fourth-order valence-electron chi connectivity index (χ4n) is 4.50. The van der Waals surface area contributed by atoms with Crippen molar-refractivity contribution in [1.82, 2.24) is 20.4 Å². The van der Waals surface area contributed by atoms with E-state index in [9.17, 15) is 18.8 Å². The predicted molar refractivity (Wildman–Crippen MR) is 104 cm³/mol. The van der Waals surface area contributed by atoms with Gasteiger partial charge in [0.1, 0.15) is 11.9 Å². The van der Waals surface area contributed by atoms with Crippen molar-refractivity contribution in [2.75, 3.05) is 32.7 Å². The lowest BCUT2D eigenvalue weighted by Crippen LogP contribution is -2.44. The number of carbonyl (C=O) groups excluding carboxylic acids is 3. The molecule has 2 aliphatic heterocycles. The Kier molecular flexibility index (Phi) is 5.68. The van der Waals surface area contributed by atoms with E-state index in [1.807, 2.05) is 0 Å². The normalized spacial score (nSPS) is 26.8. The van der Waals surface area contributed by atoms with Gasteiger partial charge < -0.3 is 15.1 Å². The minimum atomic E-state index is -0.376. The van der Waals surface area contributed by atoms with Crippen molar-refractivity contribution in [3.05, 3.63) is 35.6 Å². The van der Waals surface area contributed by atoms with Crippen LogP contribution in [-0.2, 0) is 9.59 Å². The van der Waals surface area contributed by atoms with Crippen molar-refractivity contribution < 1.29 is 18.8 Å². The number of nitriles is 1. The third-order valence-electron chi connectivity index (χ3n) is 6.18. The molecule has 3 fully saturated rings. The lowest BCUT2D eigenvalue weighted by Gasteiger charge is -2.21. The number of carbonyl (C=O) groups is 3. The third-order valence-corrected chi connectivity index (χ3v) is 6.18. The number of nitrogens with zero attached hydrogens (tertiary/aromatic N) is 3. The molecule has 30 heavy (non-hydrogen) atoms. The smallest absolute Gasteiger partial charge is 0.253 e. The van der Waals surface area contributed by atoms with Crippen LogP contribution in [0.15, 0.2) is 24.3 Å². The quantitative estimate of drug-likeness (QED) is 0.689.